The van der Waals surface area contributed by atoms with Crippen molar-refractivity contribution >= 4 is 5.65 Å². The summed E-state index contributed by atoms with van der Waals surface area (Å²) in [6.45, 7) is 0.325. The fourth-order valence-electron chi connectivity index (χ4n) is 1.42. The van der Waals surface area contributed by atoms with Gasteiger partial charge < -0.3 is 20.0 Å². The van der Waals surface area contributed by atoms with E-state index in [0.29, 0.717) is 12.3 Å². The third-order valence-corrected chi connectivity index (χ3v) is 2.24. The normalized spacial score (nSPS) is 12.3. The molecule has 2 aromatic heterocycles. The molecule has 0 saturated heterocycles. The lowest BCUT2D eigenvalue weighted by Gasteiger charge is -2.06. The summed E-state index contributed by atoms with van der Waals surface area (Å²) in [5, 5.41) is 17.5. The topological polar surface area (TPSA) is 96.6 Å². The lowest BCUT2D eigenvalue weighted by atomic mass is 10.4. The van der Waals surface area contributed by atoms with Crippen molar-refractivity contribution in [2.45, 2.75) is 12.6 Å². The van der Waals surface area contributed by atoms with Crippen molar-refractivity contribution in [1.29, 1.82) is 5.26 Å². The van der Waals surface area contributed by atoms with Gasteiger partial charge in [-0.15, -0.1) is 0 Å². The number of imidazole rings is 1. The maximum atomic E-state index is 9.05. The van der Waals surface area contributed by atoms with Crippen LogP contribution in [0.15, 0.2) is 24.5 Å². The minimum atomic E-state index is -1.12. The molecule has 6 heteroatoms. The Labute approximate surface area is 97.9 Å². The zero-order valence-electron chi connectivity index (χ0n) is 9.08. The molecule has 6 nitrogen and oxygen atoms in total. The Balaban J connectivity index is 2.17. The van der Waals surface area contributed by atoms with Gasteiger partial charge in [-0.2, -0.15) is 5.26 Å². The van der Waals surface area contributed by atoms with Gasteiger partial charge in [0, 0.05) is 12.7 Å². The largest absolute Gasteiger partial charge is 0.488 e. The number of aromatic nitrogens is 2. The Bertz CT molecular complexity index is 558. The highest BCUT2D eigenvalue weighted by atomic mass is 16.5. The summed E-state index contributed by atoms with van der Waals surface area (Å²) in [5.74, 6) is 0.563. The number of fused-ring (bicyclic) bond motifs is 1. The first-order valence-electron chi connectivity index (χ1n) is 5.11. The standard InChI is InChI=1S/C11H12N4O2/c12-3-8-5-15-6-10(1-2-11(15)14-8)17-7-9(16)4-13/h1-2,5-6,9,16H,3,7,12H2. The van der Waals surface area contributed by atoms with Crippen molar-refractivity contribution in [3.63, 3.8) is 0 Å². The van der Waals surface area contributed by atoms with Crippen LogP contribution in [0.2, 0.25) is 0 Å². The number of aliphatic hydroxyl groups is 1. The fourth-order valence-corrected chi connectivity index (χ4v) is 1.42. The SMILES string of the molecule is N#CC(O)COc1ccc2nc(CN)cn2c1. The van der Waals surface area contributed by atoms with Crippen molar-refractivity contribution < 1.29 is 9.84 Å². The second kappa shape index (κ2) is 4.82. The molecule has 2 aromatic rings. The predicted molar refractivity (Wildman–Crippen MR) is 60.2 cm³/mol. The Morgan fingerprint density at radius 2 is 2.35 bits per heavy atom. The maximum absolute atomic E-state index is 9.05. The second-order valence-electron chi connectivity index (χ2n) is 3.52. The minimum Gasteiger partial charge on any atom is -0.488 e. The van der Waals surface area contributed by atoms with Gasteiger partial charge >= 0.3 is 0 Å². The molecule has 0 amide bonds. The van der Waals surface area contributed by atoms with Crippen LogP contribution in [0.25, 0.3) is 5.65 Å². The number of rotatable bonds is 4. The molecule has 88 valence electrons. The van der Waals surface area contributed by atoms with E-state index < -0.39 is 6.10 Å². The minimum absolute atomic E-state index is 0.0551. The van der Waals surface area contributed by atoms with Gasteiger partial charge in [0.2, 0.25) is 0 Å². The molecule has 0 bridgehead atoms. The molecule has 0 saturated carbocycles. The van der Waals surface area contributed by atoms with Gasteiger partial charge in [-0.1, -0.05) is 0 Å². The van der Waals surface area contributed by atoms with Gasteiger partial charge in [0.15, 0.2) is 6.10 Å². The Morgan fingerprint density at radius 3 is 3.06 bits per heavy atom. The molecule has 3 N–H and O–H groups in total. The number of nitrogens with two attached hydrogens (primary N) is 1. The van der Waals surface area contributed by atoms with Crippen molar-refractivity contribution in [2.75, 3.05) is 6.61 Å². The van der Waals surface area contributed by atoms with Crippen LogP contribution < -0.4 is 10.5 Å². The quantitative estimate of drug-likeness (QED) is 0.726. The molecule has 17 heavy (non-hydrogen) atoms. The van der Waals surface area contributed by atoms with E-state index in [4.69, 9.17) is 20.8 Å². The van der Waals surface area contributed by atoms with E-state index >= 15 is 0 Å². The van der Waals surface area contributed by atoms with Crippen molar-refractivity contribution in [3.8, 4) is 11.8 Å². The lowest BCUT2D eigenvalue weighted by molar-refractivity contribution is 0.149. The Kier molecular flexibility index (Phi) is 3.23. The van der Waals surface area contributed by atoms with Gasteiger partial charge in [0.05, 0.1) is 18.0 Å². The fraction of sp³-hybridized carbons (Fsp3) is 0.273. The summed E-state index contributed by atoms with van der Waals surface area (Å²) in [4.78, 5) is 4.26. The number of nitriles is 1. The van der Waals surface area contributed by atoms with Crippen LogP contribution >= 0.6 is 0 Å². The summed E-state index contributed by atoms with van der Waals surface area (Å²) in [6, 6.07) is 5.19. The highest BCUT2D eigenvalue weighted by Crippen LogP contribution is 2.13. The first-order chi connectivity index (χ1) is 8.22. The van der Waals surface area contributed by atoms with Crippen LogP contribution in [0.3, 0.4) is 0 Å². The van der Waals surface area contributed by atoms with Gasteiger partial charge in [-0.3, -0.25) is 0 Å². The monoisotopic (exact) mass is 232 g/mol. The third-order valence-electron chi connectivity index (χ3n) is 2.24. The van der Waals surface area contributed by atoms with E-state index in [1.165, 1.54) is 0 Å². The van der Waals surface area contributed by atoms with Crippen LogP contribution in [0, 0.1) is 11.3 Å². The van der Waals surface area contributed by atoms with E-state index in [2.05, 4.69) is 4.98 Å². The van der Waals surface area contributed by atoms with Gasteiger partial charge in [-0.25, -0.2) is 4.98 Å². The van der Waals surface area contributed by atoms with Crippen LogP contribution in [0.5, 0.6) is 5.75 Å². The molecule has 0 spiro atoms. The molecule has 1 unspecified atom stereocenters. The average molecular weight is 232 g/mol. The molecule has 2 rings (SSSR count). The number of pyridine rings is 1. The zero-order valence-corrected chi connectivity index (χ0v) is 9.08. The van der Waals surface area contributed by atoms with E-state index in [-0.39, 0.29) is 6.61 Å². The van der Waals surface area contributed by atoms with E-state index in [1.807, 2.05) is 6.20 Å². The summed E-state index contributed by atoms with van der Waals surface area (Å²) in [6.07, 6.45) is 2.42. The molecular formula is C11H12N4O2. The summed E-state index contributed by atoms with van der Waals surface area (Å²) in [5.41, 5.74) is 7.06. The number of hydrogen-bond acceptors (Lipinski definition) is 5. The first-order valence-corrected chi connectivity index (χ1v) is 5.11. The number of ether oxygens (including phenoxy) is 1. The van der Waals surface area contributed by atoms with Crippen molar-refractivity contribution in [2.24, 2.45) is 5.73 Å². The highest BCUT2D eigenvalue weighted by molar-refractivity contribution is 5.43. The molecule has 1 atom stereocenters. The number of nitrogens with zero attached hydrogens (tertiary/aromatic N) is 3. The highest BCUT2D eigenvalue weighted by Gasteiger charge is 2.04. The second-order valence-corrected chi connectivity index (χ2v) is 3.52. The number of hydrogen-bond donors (Lipinski definition) is 2. The van der Waals surface area contributed by atoms with Crippen molar-refractivity contribution in [3.05, 3.63) is 30.2 Å². The van der Waals surface area contributed by atoms with Gasteiger partial charge in [0.25, 0.3) is 0 Å². The molecule has 0 aliphatic heterocycles. The molecule has 0 aliphatic carbocycles. The van der Waals surface area contributed by atoms with E-state index in [9.17, 15) is 0 Å². The van der Waals surface area contributed by atoms with E-state index in [0.717, 1.165) is 11.3 Å². The molecule has 2 heterocycles. The molecular weight excluding hydrogens is 220 g/mol. The smallest absolute Gasteiger partial charge is 0.174 e. The summed E-state index contributed by atoms with van der Waals surface area (Å²) in [7, 11) is 0. The summed E-state index contributed by atoms with van der Waals surface area (Å²) < 4.78 is 7.05. The molecule has 0 aromatic carbocycles. The van der Waals surface area contributed by atoms with Gasteiger partial charge in [0.1, 0.15) is 18.0 Å². The average Bonchev–Trinajstić information content (AvgIpc) is 2.77. The molecule has 0 fully saturated rings. The predicted octanol–water partition coefficient (Wildman–Crippen LogP) is 0.0563. The third kappa shape index (κ3) is 2.53. The lowest BCUT2D eigenvalue weighted by Crippen LogP contribution is -2.14. The first kappa shape index (κ1) is 11.4. The van der Waals surface area contributed by atoms with Crippen molar-refractivity contribution in [1.82, 2.24) is 9.38 Å². The zero-order chi connectivity index (χ0) is 12.3. The van der Waals surface area contributed by atoms with Crippen LogP contribution in [-0.4, -0.2) is 27.2 Å². The van der Waals surface area contributed by atoms with E-state index in [1.54, 1.807) is 28.8 Å². The van der Waals surface area contributed by atoms with Crippen LogP contribution in [0.4, 0.5) is 0 Å². The molecule has 0 radical (unpaired) electrons. The Hall–Kier alpha value is -2.10. The van der Waals surface area contributed by atoms with Crippen LogP contribution in [0.1, 0.15) is 5.69 Å². The van der Waals surface area contributed by atoms with Crippen LogP contribution in [-0.2, 0) is 6.54 Å². The Morgan fingerprint density at radius 1 is 1.53 bits per heavy atom. The number of aliphatic hydroxyl groups excluding tert-OH is 1. The summed E-state index contributed by atoms with van der Waals surface area (Å²) >= 11 is 0. The maximum Gasteiger partial charge on any atom is 0.174 e. The van der Waals surface area contributed by atoms with Gasteiger partial charge in [-0.05, 0) is 12.1 Å². The molecule has 0 aliphatic rings.